The lowest BCUT2D eigenvalue weighted by molar-refractivity contribution is 0.0950. The standard InChI is InChI=1S/C28H41ClN4O2/c1-8-32-18(3)14-27(34)25(20(32)5)17-30-28(35)24-15-21(29)16-26(19(24)4)33(9-2)23-12-10-22(11-13-23)31(6)7/h14-16,22-23H,8-13,17H2,1-7H3,(H,30,35)/t22-,23-. The Bertz CT molecular complexity index is 1120. The van der Waals surface area contributed by atoms with Gasteiger partial charge < -0.3 is 19.7 Å². The number of anilines is 1. The van der Waals surface area contributed by atoms with Crippen molar-refractivity contribution in [3.8, 4) is 0 Å². The van der Waals surface area contributed by atoms with Gasteiger partial charge >= 0.3 is 0 Å². The molecule has 7 heteroatoms. The summed E-state index contributed by atoms with van der Waals surface area (Å²) in [4.78, 5) is 30.7. The van der Waals surface area contributed by atoms with E-state index in [0.29, 0.717) is 28.2 Å². The second-order valence-electron chi connectivity index (χ2n) is 9.95. The van der Waals surface area contributed by atoms with Crippen LogP contribution in [0.3, 0.4) is 0 Å². The van der Waals surface area contributed by atoms with Crippen molar-refractivity contribution >= 4 is 23.2 Å². The first-order valence-corrected chi connectivity index (χ1v) is 13.2. The van der Waals surface area contributed by atoms with Gasteiger partial charge in [-0.1, -0.05) is 11.6 Å². The Kier molecular flexibility index (Phi) is 9.05. The van der Waals surface area contributed by atoms with E-state index in [4.69, 9.17) is 11.6 Å². The minimum Gasteiger partial charge on any atom is -0.369 e. The summed E-state index contributed by atoms with van der Waals surface area (Å²) in [5.41, 5.74) is 4.92. The minimum absolute atomic E-state index is 0.0426. The average Bonchev–Trinajstić information content (AvgIpc) is 2.81. The first-order valence-electron chi connectivity index (χ1n) is 12.8. The summed E-state index contributed by atoms with van der Waals surface area (Å²) in [6, 6.07) is 6.43. The molecule has 0 saturated heterocycles. The number of halogens is 1. The summed E-state index contributed by atoms with van der Waals surface area (Å²) < 4.78 is 2.09. The molecular weight excluding hydrogens is 460 g/mol. The van der Waals surface area contributed by atoms with Gasteiger partial charge in [-0.05, 0) is 92.1 Å². The molecule has 0 spiro atoms. The summed E-state index contributed by atoms with van der Waals surface area (Å²) in [5, 5.41) is 3.53. The van der Waals surface area contributed by atoms with Crippen molar-refractivity contribution in [1.29, 1.82) is 0 Å². The largest absolute Gasteiger partial charge is 0.369 e. The van der Waals surface area contributed by atoms with E-state index in [0.717, 1.165) is 48.6 Å². The molecule has 0 atom stereocenters. The Hall–Kier alpha value is -2.31. The number of pyridine rings is 1. The van der Waals surface area contributed by atoms with Crippen LogP contribution in [0.15, 0.2) is 23.0 Å². The van der Waals surface area contributed by atoms with E-state index in [1.165, 1.54) is 12.8 Å². The summed E-state index contributed by atoms with van der Waals surface area (Å²) in [5.74, 6) is -0.207. The van der Waals surface area contributed by atoms with Crippen LogP contribution in [0.5, 0.6) is 0 Å². The average molecular weight is 501 g/mol. The van der Waals surface area contributed by atoms with Gasteiger partial charge in [0.2, 0.25) is 0 Å². The maximum atomic E-state index is 13.3. The van der Waals surface area contributed by atoms with Crippen LogP contribution in [-0.2, 0) is 13.1 Å². The first kappa shape index (κ1) is 27.3. The number of amides is 1. The fraction of sp³-hybridized carbons (Fsp3) is 0.571. The summed E-state index contributed by atoms with van der Waals surface area (Å²) in [6.45, 7) is 11.9. The third kappa shape index (κ3) is 5.92. The van der Waals surface area contributed by atoms with Crippen LogP contribution < -0.4 is 15.6 Å². The molecule has 1 aromatic carbocycles. The molecule has 1 saturated carbocycles. The molecule has 1 aliphatic rings. The predicted octanol–water partition coefficient (Wildman–Crippen LogP) is 5.08. The quantitative estimate of drug-likeness (QED) is 0.549. The van der Waals surface area contributed by atoms with E-state index in [-0.39, 0.29) is 17.9 Å². The van der Waals surface area contributed by atoms with Crippen molar-refractivity contribution in [3.63, 3.8) is 0 Å². The van der Waals surface area contributed by atoms with Gasteiger partial charge in [-0.25, -0.2) is 0 Å². The first-order chi connectivity index (χ1) is 16.6. The molecule has 2 aromatic rings. The zero-order chi connectivity index (χ0) is 25.9. The molecule has 0 radical (unpaired) electrons. The number of nitrogens with zero attached hydrogens (tertiary/aromatic N) is 3. The zero-order valence-electron chi connectivity index (χ0n) is 22.4. The molecule has 1 fully saturated rings. The Balaban J connectivity index is 1.83. The Morgan fingerprint density at radius 3 is 2.26 bits per heavy atom. The van der Waals surface area contributed by atoms with Crippen LogP contribution in [-0.4, -0.2) is 48.1 Å². The lowest BCUT2D eigenvalue weighted by Crippen LogP contribution is -2.42. The van der Waals surface area contributed by atoms with E-state index < -0.39 is 0 Å². The molecular formula is C28H41ClN4O2. The fourth-order valence-corrected chi connectivity index (χ4v) is 5.85. The maximum absolute atomic E-state index is 13.3. The number of aryl methyl sites for hydroxylation is 1. The summed E-state index contributed by atoms with van der Waals surface area (Å²) in [6.07, 6.45) is 4.60. The maximum Gasteiger partial charge on any atom is 0.251 e. The van der Waals surface area contributed by atoms with E-state index >= 15 is 0 Å². The van der Waals surface area contributed by atoms with Crippen molar-refractivity contribution in [1.82, 2.24) is 14.8 Å². The number of rotatable bonds is 8. The van der Waals surface area contributed by atoms with Gasteiger partial charge in [0.05, 0.1) is 0 Å². The molecule has 6 nitrogen and oxygen atoms in total. The van der Waals surface area contributed by atoms with Gasteiger partial charge in [0.25, 0.3) is 5.91 Å². The highest BCUT2D eigenvalue weighted by atomic mass is 35.5. The Morgan fingerprint density at radius 1 is 1.06 bits per heavy atom. The fourth-order valence-electron chi connectivity index (χ4n) is 5.64. The molecule has 0 bridgehead atoms. The normalized spacial score (nSPS) is 18.1. The van der Waals surface area contributed by atoms with Gasteiger partial charge in [-0.3, -0.25) is 9.59 Å². The van der Waals surface area contributed by atoms with Crippen molar-refractivity contribution < 1.29 is 4.79 Å². The molecule has 3 rings (SSSR count). The van der Waals surface area contributed by atoms with E-state index in [1.807, 2.05) is 26.8 Å². The van der Waals surface area contributed by atoms with Gasteiger partial charge in [0.1, 0.15) is 0 Å². The highest BCUT2D eigenvalue weighted by Crippen LogP contribution is 2.34. The van der Waals surface area contributed by atoms with Crippen LogP contribution >= 0.6 is 11.6 Å². The minimum atomic E-state index is -0.207. The molecule has 1 amide bonds. The molecule has 35 heavy (non-hydrogen) atoms. The van der Waals surface area contributed by atoms with Gasteiger partial charge in [-0.15, -0.1) is 0 Å². The third-order valence-corrected chi connectivity index (χ3v) is 7.94. The molecule has 0 unspecified atom stereocenters. The topological polar surface area (TPSA) is 57.6 Å². The van der Waals surface area contributed by atoms with Gasteiger partial charge in [0, 0.05) is 71.0 Å². The van der Waals surface area contributed by atoms with Crippen molar-refractivity contribution in [3.05, 3.63) is 61.5 Å². The Morgan fingerprint density at radius 2 is 1.69 bits per heavy atom. The SMILES string of the molecule is CCn1c(C)cc(=O)c(CNC(=O)c2cc(Cl)cc(N(CC)[C@H]3CC[C@H](N(C)C)CC3)c2C)c1C. The van der Waals surface area contributed by atoms with Gasteiger partial charge in [0.15, 0.2) is 5.43 Å². The molecule has 1 aromatic heterocycles. The summed E-state index contributed by atoms with van der Waals surface area (Å²) >= 11 is 6.53. The zero-order valence-corrected chi connectivity index (χ0v) is 23.1. The van der Waals surface area contributed by atoms with E-state index in [2.05, 4.69) is 47.6 Å². The highest BCUT2D eigenvalue weighted by molar-refractivity contribution is 6.31. The Labute approximate surface area is 215 Å². The number of nitrogens with one attached hydrogen (secondary N) is 1. The third-order valence-electron chi connectivity index (χ3n) is 7.72. The predicted molar refractivity (Wildman–Crippen MR) is 146 cm³/mol. The smallest absolute Gasteiger partial charge is 0.251 e. The van der Waals surface area contributed by atoms with Crippen LogP contribution in [0.4, 0.5) is 5.69 Å². The second-order valence-corrected chi connectivity index (χ2v) is 10.4. The van der Waals surface area contributed by atoms with Crippen LogP contribution in [0.25, 0.3) is 0 Å². The number of hydrogen-bond acceptors (Lipinski definition) is 4. The number of carbonyl (C=O) groups is 1. The van der Waals surface area contributed by atoms with E-state index in [9.17, 15) is 9.59 Å². The monoisotopic (exact) mass is 500 g/mol. The number of carbonyl (C=O) groups excluding carboxylic acids is 1. The molecule has 1 aliphatic carbocycles. The lowest BCUT2D eigenvalue weighted by atomic mass is 9.89. The van der Waals surface area contributed by atoms with Crippen LogP contribution in [0.1, 0.15) is 72.4 Å². The van der Waals surface area contributed by atoms with Gasteiger partial charge in [-0.2, -0.15) is 0 Å². The van der Waals surface area contributed by atoms with Crippen LogP contribution in [0.2, 0.25) is 5.02 Å². The molecule has 1 heterocycles. The number of hydrogen-bond donors (Lipinski definition) is 1. The summed E-state index contributed by atoms with van der Waals surface area (Å²) in [7, 11) is 4.31. The van der Waals surface area contributed by atoms with Crippen molar-refractivity contribution in [2.75, 3.05) is 25.5 Å². The van der Waals surface area contributed by atoms with Crippen molar-refractivity contribution in [2.24, 2.45) is 0 Å². The van der Waals surface area contributed by atoms with Crippen molar-refractivity contribution in [2.45, 2.75) is 85.5 Å². The highest BCUT2D eigenvalue weighted by Gasteiger charge is 2.28. The molecule has 0 aliphatic heterocycles. The molecule has 1 N–H and O–H groups in total. The number of benzene rings is 1. The van der Waals surface area contributed by atoms with Crippen LogP contribution in [0, 0.1) is 20.8 Å². The number of aromatic nitrogens is 1. The molecule has 192 valence electrons. The van der Waals surface area contributed by atoms with E-state index in [1.54, 1.807) is 12.1 Å². The second kappa shape index (κ2) is 11.6. The lowest BCUT2D eigenvalue weighted by Gasteiger charge is -2.40.